The van der Waals surface area contributed by atoms with Gasteiger partial charge in [0.1, 0.15) is 0 Å². The molecule has 2 heterocycles. The molecule has 20 heavy (non-hydrogen) atoms. The Labute approximate surface area is 116 Å². The van der Waals surface area contributed by atoms with E-state index in [2.05, 4.69) is 10.4 Å². The maximum absolute atomic E-state index is 11.8. The number of hydrogen-bond acceptors (Lipinski definition) is 4. The van der Waals surface area contributed by atoms with Gasteiger partial charge in [0.15, 0.2) is 11.5 Å². The molecule has 0 atom stereocenters. The number of benzene rings is 1. The van der Waals surface area contributed by atoms with E-state index in [1.165, 1.54) is 0 Å². The van der Waals surface area contributed by atoms with Gasteiger partial charge in [-0.1, -0.05) is 6.07 Å². The molecule has 0 unspecified atom stereocenters. The van der Waals surface area contributed by atoms with Gasteiger partial charge in [0.05, 0.1) is 11.9 Å². The molecule has 0 saturated heterocycles. The van der Waals surface area contributed by atoms with Crippen molar-refractivity contribution >= 4 is 11.6 Å². The molecular weight excluding hydrogens is 258 g/mol. The molecule has 2 aromatic rings. The fourth-order valence-corrected chi connectivity index (χ4v) is 2.06. The first-order chi connectivity index (χ1) is 9.70. The van der Waals surface area contributed by atoms with Crippen LogP contribution in [0.4, 0.5) is 5.69 Å². The summed E-state index contributed by atoms with van der Waals surface area (Å²) in [6.45, 7) is 0.264. The summed E-state index contributed by atoms with van der Waals surface area (Å²) in [4.78, 5) is 11.8. The predicted molar refractivity (Wildman–Crippen MR) is 72.7 cm³/mol. The van der Waals surface area contributed by atoms with Gasteiger partial charge in [-0.15, -0.1) is 0 Å². The van der Waals surface area contributed by atoms with Crippen LogP contribution in [0, 0.1) is 0 Å². The number of nitrogens with zero attached hydrogens (tertiary/aromatic N) is 2. The number of fused-ring (bicyclic) bond motifs is 1. The summed E-state index contributed by atoms with van der Waals surface area (Å²) in [7, 11) is 1.81. The van der Waals surface area contributed by atoms with Crippen LogP contribution in [0.2, 0.25) is 0 Å². The molecule has 0 saturated carbocycles. The van der Waals surface area contributed by atoms with Gasteiger partial charge < -0.3 is 14.8 Å². The van der Waals surface area contributed by atoms with Gasteiger partial charge in [-0.2, -0.15) is 5.10 Å². The first-order valence-corrected chi connectivity index (χ1v) is 6.38. The number of carbonyl (C=O) groups excluding carboxylic acids is 1. The van der Waals surface area contributed by atoms with Crippen LogP contribution in [0.15, 0.2) is 30.6 Å². The lowest BCUT2D eigenvalue weighted by atomic mass is 10.1. The third kappa shape index (κ3) is 2.74. The van der Waals surface area contributed by atoms with Crippen molar-refractivity contribution < 1.29 is 14.3 Å². The lowest BCUT2D eigenvalue weighted by Crippen LogP contribution is -2.11. The second kappa shape index (κ2) is 5.24. The molecule has 1 aromatic heterocycles. The topological polar surface area (TPSA) is 65.4 Å². The maximum atomic E-state index is 11.8. The van der Waals surface area contributed by atoms with Crippen molar-refractivity contribution in [3.8, 4) is 11.5 Å². The van der Waals surface area contributed by atoms with Crippen LogP contribution in [-0.4, -0.2) is 22.5 Å². The van der Waals surface area contributed by atoms with Crippen LogP contribution in [0.1, 0.15) is 12.0 Å². The third-order valence-electron chi connectivity index (χ3n) is 3.07. The highest BCUT2D eigenvalue weighted by atomic mass is 16.7. The Hall–Kier alpha value is -2.50. The van der Waals surface area contributed by atoms with E-state index >= 15 is 0 Å². The Bertz CT molecular complexity index is 636. The molecule has 6 nitrogen and oxygen atoms in total. The van der Waals surface area contributed by atoms with E-state index in [-0.39, 0.29) is 12.7 Å². The Morgan fingerprint density at radius 1 is 1.40 bits per heavy atom. The second-order valence-corrected chi connectivity index (χ2v) is 4.64. The van der Waals surface area contributed by atoms with Crippen LogP contribution < -0.4 is 14.8 Å². The first-order valence-electron chi connectivity index (χ1n) is 6.38. The van der Waals surface area contributed by atoms with E-state index in [1.807, 2.05) is 25.2 Å². The summed E-state index contributed by atoms with van der Waals surface area (Å²) in [5, 5.41) is 6.81. The number of nitrogens with one attached hydrogen (secondary N) is 1. The summed E-state index contributed by atoms with van der Waals surface area (Å²) < 4.78 is 12.2. The van der Waals surface area contributed by atoms with Crippen LogP contribution >= 0.6 is 0 Å². The molecule has 1 aromatic carbocycles. The van der Waals surface area contributed by atoms with Gasteiger partial charge >= 0.3 is 0 Å². The van der Waals surface area contributed by atoms with Gasteiger partial charge in [0.25, 0.3) is 0 Å². The summed E-state index contributed by atoms with van der Waals surface area (Å²) in [5.41, 5.74) is 1.76. The van der Waals surface area contributed by atoms with Crippen LogP contribution in [0.5, 0.6) is 11.5 Å². The lowest BCUT2D eigenvalue weighted by molar-refractivity contribution is -0.116. The zero-order chi connectivity index (χ0) is 13.9. The summed E-state index contributed by atoms with van der Waals surface area (Å²) in [6.07, 6.45) is 4.45. The molecule has 0 spiro atoms. The minimum absolute atomic E-state index is 0.0318. The van der Waals surface area contributed by atoms with E-state index in [9.17, 15) is 4.79 Å². The van der Waals surface area contributed by atoms with Gasteiger partial charge in [0, 0.05) is 19.7 Å². The van der Waals surface area contributed by atoms with E-state index in [1.54, 1.807) is 17.1 Å². The minimum atomic E-state index is -0.0318. The number of aromatic nitrogens is 2. The number of aryl methyl sites for hydroxylation is 2. The maximum Gasteiger partial charge on any atom is 0.231 e. The fraction of sp³-hybridized carbons (Fsp3) is 0.286. The summed E-state index contributed by atoms with van der Waals surface area (Å²) in [6, 6.07) is 5.74. The monoisotopic (exact) mass is 273 g/mol. The fourth-order valence-electron chi connectivity index (χ4n) is 2.06. The van der Waals surface area contributed by atoms with Crippen molar-refractivity contribution in [2.24, 2.45) is 7.05 Å². The molecule has 104 valence electrons. The van der Waals surface area contributed by atoms with Gasteiger partial charge in [-0.3, -0.25) is 9.48 Å². The number of ether oxygens (including phenoxy) is 2. The van der Waals surface area contributed by atoms with Crippen LogP contribution in [0.3, 0.4) is 0 Å². The van der Waals surface area contributed by atoms with Crippen LogP contribution in [0.25, 0.3) is 0 Å². The Kier molecular flexibility index (Phi) is 3.28. The number of anilines is 1. The number of carbonyl (C=O) groups is 1. The zero-order valence-corrected chi connectivity index (χ0v) is 11.1. The SMILES string of the molecule is Cn1cc(NC(=O)CCc2ccc3c(c2)OCO3)cn1. The van der Waals surface area contributed by atoms with Crippen molar-refractivity contribution in [1.29, 1.82) is 0 Å². The Morgan fingerprint density at radius 3 is 3.05 bits per heavy atom. The second-order valence-electron chi connectivity index (χ2n) is 4.64. The van der Waals surface area contributed by atoms with E-state index in [0.717, 1.165) is 17.1 Å². The first kappa shape index (κ1) is 12.5. The summed E-state index contributed by atoms with van der Waals surface area (Å²) >= 11 is 0. The standard InChI is InChI=1S/C14H15N3O3/c1-17-8-11(7-15-17)16-14(18)5-3-10-2-4-12-13(6-10)20-9-19-12/h2,4,6-8H,3,5,9H2,1H3,(H,16,18). The van der Waals surface area contributed by atoms with E-state index in [0.29, 0.717) is 18.5 Å². The highest BCUT2D eigenvalue weighted by Gasteiger charge is 2.13. The number of hydrogen-bond donors (Lipinski definition) is 1. The van der Waals surface area contributed by atoms with E-state index < -0.39 is 0 Å². The minimum Gasteiger partial charge on any atom is -0.454 e. The van der Waals surface area contributed by atoms with Gasteiger partial charge in [0.2, 0.25) is 12.7 Å². The van der Waals surface area contributed by atoms with E-state index in [4.69, 9.17) is 9.47 Å². The van der Waals surface area contributed by atoms with Crippen molar-refractivity contribution in [1.82, 2.24) is 9.78 Å². The largest absolute Gasteiger partial charge is 0.454 e. The van der Waals surface area contributed by atoms with Crippen molar-refractivity contribution in [3.63, 3.8) is 0 Å². The van der Waals surface area contributed by atoms with Crippen molar-refractivity contribution in [3.05, 3.63) is 36.2 Å². The Morgan fingerprint density at radius 2 is 2.25 bits per heavy atom. The predicted octanol–water partition coefficient (Wildman–Crippen LogP) is 1.72. The molecule has 1 N–H and O–H groups in total. The molecule has 3 rings (SSSR count). The average Bonchev–Trinajstić information content (AvgIpc) is 3.04. The number of rotatable bonds is 4. The zero-order valence-electron chi connectivity index (χ0n) is 11.1. The van der Waals surface area contributed by atoms with Gasteiger partial charge in [-0.05, 0) is 24.1 Å². The molecule has 0 fully saturated rings. The molecule has 1 aliphatic rings. The molecule has 0 radical (unpaired) electrons. The molecular formula is C14H15N3O3. The normalized spacial score (nSPS) is 12.4. The molecule has 6 heteroatoms. The lowest BCUT2D eigenvalue weighted by Gasteiger charge is -2.04. The quantitative estimate of drug-likeness (QED) is 0.921. The highest BCUT2D eigenvalue weighted by Crippen LogP contribution is 2.32. The Balaban J connectivity index is 1.55. The van der Waals surface area contributed by atoms with Crippen LogP contribution in [-0.2, 0) is 18.3 Å². The van der Waals surface area contributed by atoms with Crippen molar-refractivity contribution in [2.75, 3.05) is 12.1 Å². The smallest absolute Gasteiger partial charge is 0.231 e. The van der Waals surface area contributed by atoms with Crippen molar-refractivity contribution in [2.45, 2.75) is 12.8 Å². The number of amides is 1. The summed E-state index contributed by atoms with van der Waals surface area (Å²) in [5.74, 6) is 1.47. The molecule has 0 bridgehead atoms. The van der Waals surface area contributed by atoms with Gasteiger partial charge in [-0.25, -0.2) is 0 Å². The molecule has 1 aliphatic heterocycles. The molecule has 0 aliphatic carbocycles. The molecule has 1 amide bonds. The highest BCUT2D eigenvalue weighted by molar-refractivity contribution is 5.90. The average molecular weight is 273 g/mol. The third-order valence-corrected chi connectivity index (χ3v) is 3.07.